The van der Waals surface area contributed by atoms with Crippen molar-refractivity contribution in [3.8, 4) is 0 Å². The largest absolute Gasteiger partial charge is 0.395 e. The van der Waals surface area contributed by atoms with Gasteiger partial charge in [-0.3, -0.25) is 4.90 Å². The maximum atomic E-state index is 9.28. The van der Waals surface area contributed by atoms with E-state index in [0.29, 0.717) is 24.9 Å². The Bertz CT molecular complexity index is 605. The highest BCUT2D eigenvalue weighted by atomic mass is 16.3. The molecule has 7 nitrogen and oxygen atoms in total. The molecule has 0 bridgehead atoms. The SMILES string of the molecule is CN(C)c1nc(N)nc(CN(CCO)CCc2ccccc2)n1. The summed E-state index contributed by atoms with van der Waals surface area (Å²) in [6, 6.07) is 10.3. The molecular weight excluding hydrogens is 292 g/mol. The van der Waals surface area contributed by atoms with E-state index in [2.05, 4.69) is 32.0 Å². The van der Waals surface area contributed by atoms with E-state index in [1.54, 1.807) is 4.90 Å². The molecule has 1 aromatic heterocycles. The van der Waals surface area contributed by atoms with Crippen molar-refractivity contribution < 1.29 is 5.11 Å². The molecule has 0 radical (unpaired) electrons. The van der Waals surface area contributed by atoms with Gasteiger partial charge < -0.3 is 15.7 Å². The number of aromatic nitrogens is 3. The summed E-state index contributed by atoms with van der Waals surface area (Å²) >= 11 is 0. The van der Waals surface area contributed by atoms with E-state index in [4.69, 9.17) is 5.73 Å². The van der Waals surface area contributed by atoms with Crippen molar-refractivity contribution >= 4 is 11.9 Å². The average Bonchev–Trinajstić information content (AvgIpc) is 2.53. The zero-order chi connectivity index (χ0) is 16.7. The van der Waals surface area contributed by atoms with Crippen LogP contribution < -0.4 is 10.6 Å². The van der Waals surface area contributed by atoms with Crippen LogP contribution in [-0.2, 0) is 13.0 Å². The van der Waals surface area contributed by atoms with Crippen molar-refractivity contribution in [3.63, 3.8) is 0 Å². The average molecular weight is 316 g/mol. The second-order valence-electron chi connectivity index (χ2n) is 5.54. The molecule has 0 unspecified atom stereocenters. The Kier molecular flexibility index (Phi) is 6.25. The molecule has 0 atom stereocenters. The van der Waals surface area contributed by atoms with Gasteiger partial charge in [0, 0.05) is 27.2 Å². The molecule has 1 aromatic carbocycles. The standard InChI is InChI=1S/C16H24N6O/c1-21(2)16-19-14(18-15(17)20-16)12-22(10-11-23)9-8-13-6-4-3-5-7-13/h3-7,23H,8-12H2,1-2H3,(H2,17,18,19,20). The van der Waals surface area contributed by atoms with Gasteiger partial charge in [0.15, 0.2) is 0 Å². The van der Waals surface area contributed by atoms with E-state index in [1.807, 2.05) is 32.3 Å². The maximum Gasteiger partial charge on any atom is 0.229 e. The summed E-state index contributed by atoms with van der Waals surface area (Å²) < 4.78 is 0. The summed E-state index contributed by atoms with van der Waals surface area (Å²) in [5, 5.41) is 9.28. The molecule has 124 valence electrons. The van der Waals surface area contributed by atoms with E-state index in [9.17, 15) is 5.11 Å². The van der Waals surface area contributed by atoms with Crippen LogP contribution in [-0.4, -0.2) is 58.8 Å². The molecule has 3 N–H and O–H groups in total. The van der Waals surface area contributed by atoms with Crippen molar-refractivity contribution in [3.05, 3.63) is 41.7 Å². The number of aliphatic hydroxyl groups excluding tert-OH is 1. The lowest BCUT2D eigenvalue weighted by atomic mass is 10.1. The monoisotopic (exact) mass is 316 g/mol. The lowest BCUT2D eigenvalue weighted by molar-refractivity contribution is 0.188. The Hall–Kier alpha value is -2.25. The van der Waals surface area contributed by atoms with Gasteiger partial charge in [0.2, 0.25) is 11.9 Å². The normalized spacial score (nSPS) is 11.0. The lowest BCUT2D eigenvalue weighted by Gasteiger charge is -2.21. The summed E-state index contributed by atoms with van der Waals surface area (Å²) in [5.74, 6) is 1.37. The fourth-order valence-electron chi connectivity index (χ4n) is 2.24. The first kappa shape index (κ1) is 17.1. The topological polar surface area (TPSA) is 91.4 Å². The van der Waals surface area contributed by atoms with E-state index in [-0.39, 0.29) is 12.6 Å². The van der Waals surface area contributed by atoms with Crippen molar-refractivity contribution in [2.75, 3.05) is 44.4 Å². The van der Waals surface area contributed by atoms with Crippen molar-refractivity contribution in [2.45, 2.75) is 13.0 Å². The molecule has 1 heterocycles. The zero-order valence-corrected chi connectivity index (χ0v) is 13.7. The van der Waals surface area contributed by atoms with Gasteiger partial charge in [0.25, 0.3) is 0 Å². The summed E-state index contributed by atoms with van der Waals surface area (Å²) in [4.78, 5) is 16.6. The highest BCUT2D eigenvalue weighted by molar-refractivity contribution is 5.32. The Morgan fingerprint density at radius 1 is 1.04 bits per heavy atom. The van der Waals surface area contributed by atoms with Crippen LogP contribution in [0.3, 0.4) is 0 Å². The molecule has 0 fully saturated rings. The van der Waals surface area contributed by atoms with Gasteiger partial charge in [-0.05, 0) is 12.0 Å². The van der Waals surface area contributed by atoms with E-state index >= 15 is 0 Å². The maximum absolute atomic E-state index is 9.28. The summed E-state index contributed by atoms with van der Waals surface area (Å²) in [7, 11) is 3.72. The van der Waals surface area contributed by atoms with Crippen molar-refractivity contribution in [1.29, 1.82) is 0 Å². The van der Waals surface area contributed by atoms with E-state index < -0.39 is 0 Å². The molecule has 2 aromatic rings. The molecule has 0 saturated carbocycles. The summed E-state index contributed by atoms with van der Waals surface area (Å²) in [5.41, 5.74) is 7.02. The highest BCUT2D eigenvalue weighted by Gasteiger charge is 2.11. The van der Waals surface area contributed by atoms with E-state index in [1.165, 1.54) is 5.56 Å². The summed E-state index contributed by atoms with van der Waals surface area (Å²) in [6.45, 7) is 2.00. The molecule has 0 aliphatic carbocycles. The second kappa shape index (κ2) is 8.40. The number of hydrogen-bond acceptors (Lipinski definition) is 7. The number of nitrogens with zero attached hydrogens (tertiary/aromatic N) is 5. The molecule has 2 rings (SSSR count). The van der Waals surface area contributed by atoms with Gasteiger partial charge in [-0.15, -0.1) is 0 Å². The molecule has 0 spiro atoms. The minimum atomic E-state index is 0.0931. The molecule has 23 heavy (non-hydrogen) atoms. The first-order chi connectivity index (χ1) is 11.1. The molecule has 0 amide bonds. The van der Waals surface area contributed by atoms with Crippen LogP contribution in [0.25, 0.3) is 0 Å². The molecule has 0 aliphatic rings. The number of nitrogens with two attached hydrogens (primary N) is 1. The number of anilines is 2. The van der Waals surface area contributed by atoms with Crippen molar-refractivity contribution in [1.82, 2.24) is 19.9 Å². The van der Waals surface area contributed by atoms with Gasteiger partial charge in [-0.25, -0.2) is 0 Å². The molecule has 0 saturated heterocycles. The fourth-order valence-corrected chi connectivity index (χ4v) is 2.24. The van der Waals surface area contributed by atoms with Gasteiger partial charge >= 0.3 is 0 Å². The van der Waals surface area contributed by atoms with Crippen LogP contribution in [0.1, 0.15) is 11.4 Å². The third-order valence-electron chi connectivity index (χ3n) is 3.43. The second-order valence-corrected chi connectivity index (χ2v) is 5.54. The van der Waals surface area contributed by atoms with Crippen LogP contribution in [0, 0.1) is 0 Å². The van der Waals surface area contributed by atoms with Crippen LogP contribution in [0.2, 0.25) is 0 Å². The Labute approximate surface area is 136 Å². The fraction of sp³-hybridized carbons (Fsp3) is 0.438. The smallest absolute Gasteiger partial charge is 0.229 e. The third kappa shape index (κ3) is 5.46. The predicted octanol–water partition coefficient (Wildman–Crippen LogP) is 0.557. The third-order valence-corrected chi connectivity index (χ3v) is 3.43. The van der Waals surface area contributed by atoms with Crippen LogP contribution in [0.15, 0.2) is 30.3 Å². The molecule has 7 heteroatoms. The van der Waals surface area contributed by atoms with Gasteiger partial charge in [0.05, 0.1) is 13.2 Å². The lowest BCUT2D eigenvalue weighted by Crippen LogP contribution is -2.30. The number of nitrogen functional groups attached to an aromatic ring is 1. The number of rotatable bonds is 8. The van der Waals surface area contributed by atoms with Gasteiger partial charge in [-0.1, -0.05) is 30.3 Å². The highest BCUT2D eigenvalue weighted by Crippen LogP contribution is 2.09. The van der Waals surface area contributed by atoms with Crippen LogP contribution >= 0.6 is 0 Å². The number of benzene rings is 1. The van der Waals surface area contributed by atoms with Gasteiger partial charge in [-0.2, -0.15) is 15.0 Å². The first-order valence-electron chi connectivity index (χ1n) is 7.63. The van der Waals surface area contributed by atoms with Crippen LogP contribution in [0.5, 0.6) is 0 Å². The summed E-state index contributed by atoms with van der Waals surface area (Å²) in [6.07, 6.45) is 0.905. The van der Waals surface area contributed by atoms with Crippen LogP contribution in [0.4, 0.5) is 11.9 Å². The van der Waals surface area contributed by atoms with Gasteiger partial charge in [0.1, 0.15) is 5.82 Å². The van der Waals surface area contributed by atoms with E-state index in [0.717, 1.165) is 13.0 Å². The first-order valence-corrected chi connectivity index (χ1v) is 7.63. The number of hydrogen-bond donors (Lipinski definition) is 2. The molecular formula is C16H24N6O. The zero-order valence-electron chi connectivity index (χ0n) is 13.7. The molecule has 0 aliphatic heterocycles. The number of aliphatic hydroxyl groups is 1. The van der Waals surface area contributed by atoms with Crippen molar-refractivity contribution in [2.24, 2.45) is 0 Å². The predicted molar refractivity (Wildman–Crippen MR) is 91.1 cm³/mol. The Morgan fingerprint density at radius 3 is 2.43 bits per heavy atom. The Morgan fingerprint density at radius 2 is 1.78 bits per heavy atom. The Balaban J connectivity index is 2.04. The minimum Gasteiger partial charge on any atom is -0.395 e. The minimum absolute atomic E-state index is 0.0931. The quantitative estimate of drug-likeness (QED) is 0.735.